The number of amides is 2. The number of rotatable bonds is 6. The van der Waals surface area contributed by atoms with Gasteiger partial charge in [0, 0.05) is 44.0 Å². The van der Waals surface area contributed by atoms with Crippen molar-refractivity contribution in [3.05, 3.63) is 101 Å². The molecule has 6 rings (SSSR count). The van der Waals surface area contributed by atoms with Crippen LogP contribution in [0.4, 0.5) is 10.1 Å². The third kappa shape index (κ3) is 4.04. The van der Waals surface area contributed by atoms with Gasteiger partial charge in [-0.15, -0.1) is 0 Å². The Labute approximate surface area is 215 Å². The second kappa shape index (κ2) is 9.39. The molecule has 0 radical (unpaired) electrons. The number of nitrogens with zero attached hydrogens (tertiary/aromatic N) is 3. The van der Waals surface area contributed by atoms with Crippen molar-refractivity contribution in [1.29, 1.82) is 0 Å². The van der Waals surface area contributed by atoms with Crippen LogP contribution in [0.1, 0.15) is 39.8 Å². The maximum absolute atomic E-state index is 13.5. The summed E-state index contributed by atoms with van der Waals surface area (Å²) in [5, 5.41) is 4.16. The van der Waals surface area contributed by atoms with Crippen LogP contribution in [-0.4, -0.2) is 41.4 Å². The summed E-state index contributed by atoms with van der Waals surface area (Å²) in [5.74, 6) is -0.263. The minimum absolute atomic E-state index is 0.0472. The summed E-state index contributed by atoms with van der Waals surface area (Å²) >= 11 is 0. The lowest BCUT2D eigenvalue weighted by atomic mass is 9.96. The monoisotopic (exact) mass is 496 g/mol. The lowest BCUT2D eigenvalue weighted by Gasteiger charge is -2.46. The van der Waals surface area contributed by atoms with Crippen molar-refractivity contribution in [1.82, 2.24) is 14.8 Å². The number of para-hydroxylation sites is 2. The molecule has 0 fully saturated rings. The average molecular weight is 497 g/mol. The maximum Gasteiger partial charge on any atom is 0.257 e. The van der Waals surface area contributed by atoms with Crippen molar-refractivity contribution in [2.45, 2.75) is 32.0 Å². The van der Waals surface area contributed by atoms with Crippen LogP contribution in [-0.2, 0) is 24.2 Å². The molecule has 3 aromatic carbocycles. The predicted molar refractivity (Wildman–Crippen MR) is 142 cm³/mol. The van der Waals surface area contributed by atoms with Crippen LogP contribution in [0.15, 0.2) is 72.8 Å². The summed E-state index contributed by atoms with van der Waals surface area (Å²) in [6.45, 7) is 1.62. The van der Waals surface area contributed by atoms with Crippen LogP contribution in [0, 0.1) is 5.82 Å². The van der Waals surface area contributed by atoms with Gasteiger partial charge in [-0.2, -0.15) is 0 Å². The Hall–Kier alpha value is -4.13. The topological polar surface area (TPSA) is 57.6 Å². The predicted octanol–water partition coefficient (Wildman–Crippen LogP) is 4.68. The number of anilines is 1. The first-order valence-corrected chi connectivity index (χ1v) is 12.8. The minimum atomic E-state index is -0.268. The van der Waals surface area contributed by atoms with Gasteiger partial charge in [-0.05, 0) is 54.3 Å². The zero-order valence-electron chi connectivity index (χ0n) is 20.8. The fourth-order valence-electron chi connectivity index (χ4n) is 5.89. The van der Waals surface area contributed by atoms with Crippen LogP contribution < -0.4 is 10.2 Å². The van der Waals surface area contributed by atoms with E-state index in [-0.39, 0.29) is 23.8 Å². The number of aryl methyl sites for hydroxylation is 1. The molecule has 0 saturated heterocycles. The van der Waals surface area contributed by atoms with Crippen molar-refractivity contribution in [2.24, 2.45) is 0 Å². The normalized spacial score (nSPS) is 16.4. The molecule has 1 aromatic heterocycles. The van der Waals surface area contributed by atoms with Crippen molar-refractivity contribution in [3.63, 3.8) is 0 Å². The summed E-state index contributed by atoms with van der Waals surface area (Å²) in [6, 6.07) is 22.5. The van der Waals surface area contributed by atoms with Crippen molar-refractivity contribution in [2.75, 3.05) is 25.0 Å². The molecule has 37 heavy (non-hydrogen) atoms. The molecule has 0 unspecified atom stereocenters. The molecule has 6 nitrogen and oxygen atoms in total. The number of hydrogen-bond acceptors (Lipinski definition) is 3. The van der Waals surface area contributed by atoms with Gasteiger partial charge in [-0.1, -0.05) is 42.5 Å². The molecule has 2 amide bonds. The lowest BCUT2D eigenvalue weighted by molar-refractivity contribution is -0.121. The van der Waals surface area contributed by atoms with E-state index in [1.165, 1.54) is 23.1 Å². The highest BCUT2D eigenvalue weighted by Crippen LogP contribution is 2.44. The summed E-state index contributed by atoms with van der Waals surface area (Å²) in [6.07, 6.45) is 1.44. The van der Waals surface area contributed by atoms with Crippen molar-refractivity contribution in [3.8, 4) is 0 Å². The van der Waals surface area contributed by atoms with E-state index in [2.05, 4.69) is 26.9 Å². The van der Waals surface area contributed by atoms with Crippen LogP contribution in [0.25, 0.3) is 10.9 Å². The molecule has 0 aliphatic carbocycles. The van der Waals surface area contributed by atoms with Crippen LogP contribution in [0.2, 0.25) is 0 Å². The first-order chi connectivity index (χ1) is 18.0. The van der Waals surface area contributed by atoms with E-state index in [1.807, 2.05) is 54.4 Å². The number of aromatic nitrogens is 1. The van der Waals surface area contributed by atoms with Gasteiger partial charge < -0.3 is 19.7 Å². The van der Waals surface area contributed by atoms with E-state index in [0.29, 0.717) is 32.5 Å². The smallest absolute Gasteiger partial charge is 0.257 e. The van der Waals surface area contributed by atoms with Crippen molar-refractivity contribution >= 4 is 28.4 Å². The second-order valence-corrected chi connectivity index (χ2v) is 9.76. The number of carbonyl (C=O) groups excluding carboxylic acids is 2. The van der Waals surface area contributed by atoms with E-state index < -0.39 is 0 Å². The Morgan fingerprint density at radius 2 is 1.86 bits per heavy atom. The molecule has 0 spiro atoms. The summed E-state index contributed by atoms with van der Waals surface area (Å²) in [4.78, 5) is 30.4. The van der Waals surface area contributed by atoms with E-state index in [1.54, 1.807) is 6.07 Å². The molecule has 2 aliphatic rings. The molecule has 0 saturated carbocycles. The first-order valence-electron chi connectivity index (χ1n) is 12.8. The summed E-state index contributed by atoms with van der Waals surface area (Å²) in [7, 11) is 2.04. The van der Waals surface area contributed by atoms with E-state index in [0.717, 1.165) is 34.4 Å². The van der Waals surface area contributed by atoms with Gasteiger partial charge >= 0.3 is 0 Å². The van der Waals surface area contributed by atoms with Crippen LogP contribution in [0.3, 0.4) is 0 Å². The van der Waals surface area contributed by atoms with Crippen LogP contribution >= 0.6 is 0 Å². The van der Waals surface area contributed by atoms with E-state index in [4.69, 9.17) is 0 Å². The largest absolute Gasteiger partial charge is 0.356 e. The Morgan fingerprint density at radius 3 is 2.73 bits per heavy atom. The number of nitrogens with one attached hydrogen (secondary N) is 1. The third-order valence-corrected chi connectivity index (χ3v) is 7.59. The Balaban J connectivity index is 1.27. The van der Waals surface area contributed by atoms with Gasteiger partial charge in [0.2, 0.25) is 5.91 Å². The molecule has 3 heterocycles. The minimum Gasteiger partial charge on any atom is -0.356 e. The SMILES string of the molecule is CN1c2ccccc2C(=O)N2CCc3c(n(CCC(=O)NCCc4cccc(F)c4)c4ccccc34)[C@@H]21. The molecule has 4 aromatic rings. The highest BCUT2D eigenvalue weighted by atomic mass is 19.1. The highest BCUT2D eigenvalue weighted by molar-refractivity contribution is 6.02. The number of carbonyl (C=O) groups is 2. The van der Waals surface area contributed by atoms with Crippen LogP contribution in [0.5, 0.6) is 0 Å². The standard InChI is InChI=1S/C30H29FN4O2/c1-33-25-11-4-3-10-24(25)30(37)35-17-14-23-22-9-2-5-12-26(22)34(28(23)29(33)35)18-15-27(36)32-16-13-20-7-6-8-21(31)19-20/h2-12,19,29H,13-18H2,1H3,(H,32,36)/t29-/m1/s1. The van der Waals surface area contributed by atoms with Gasteiger partial charge in [0.25, 0.3) is 5.91 Å². The average Bonchev–Trinajstić information content (AvgIpc) is 3.24. The van der Waals surface area contributed by atoms with E-state index in [9.17, 15) is 14.0 Å². The number of halogens is 1. The third-order valence-electron chi connectivity index (χ3n) is 7.59. The Bertz CT molecular complexity index is 1510. The van der Waals surface area contributed by atoms with Crippen molar-refractivity contribution < 1.29 is 14.0 Å². The number of hydrogen-bond donors (Lipinski definition) is 1. The van der Waals surface area contributed by atoms with Gasteiger partial charge in [-0.25, -0.2) is 4.39 Å². The molecule has 1 atom stereocenters. The molecule has 0 bridgehead atoms. The second-order valence-electron chi connectivity index (χ2n) is 9.76. The highest BCUT2D eigenvalue weighted by Gasteiger charge is 2.42. The molecule has 188 valence electrons. The molecule has 2 aliphatic heterocycles. The van der Waals surface area contributed by atoms with E-state index >= 15 is 0 Å². The quantitative estimate of drug-likeness (QED) is 0.422. The van der Waals surface area contributed by atoms with Gasteiger partial charge in [0.1, 0.15) is 12.0 Å². The maximum atomic E-state index is 13.5. The Kier molecular flexibility index (Phi) is 5.91. The number of benzene rings is 3. The molecular weight excluding hydrogens is 467 g/mol. The fourth-order valence-corrected chi connectivity index (χ4v) is 5.89. The zero-order chi connectivity index (χ0) is 25.5. The van der Waals surface area contributed by atoms with Gasteiger partial charge in [0.15, 0.2) is 0 Å². The Morgan fingerprint density at radius 1 is 1.05 bits per heavy atom. The summed E-state index contributed by atoms with van der Waals surface area (Å²) < 4.78 is 15.7. The zero-order valence-corrected chi connectivity index (χ0v) is 20.8. The summed E-state index contributed by atoms with van der Waals surface area (Å²) in [5.41, 5.74) is 5.93. The number of fused-ring (bicyclic) bond motifs is 6. The molecule has 7 heteroatoms. The van der Waals surface area contributed by atoms with Gasteiger partial charge in [-0.3, -0.25) is 9.59 Å². The lowest BCUT2D eigenvalue weighted by Crippen LogP contribution is -2.51. The first kappa shape index (κ1) is 23.3. The fraction of sp³-hybridized carbons (Fsp3) is 0.267. The van der Waals surface area contributed by atoms with Gasteiger partial charge in [0.05, 0.1) is 16.9 Å². The molecular formula is C30H29FN4O2. The molecule has 1 N–H and O–H groups in total.